The fraction of sp³-hybridized carbons (Fsp3) is 0.632. The Morgan fingerprint density at radius 1 is 1.13 bits per heavy atom. The first-order chi connectivity index (χ1) is 11.3. The van der Waals surface area contributed by atoms with Gasteiger partial charge in [0.15, 0.2) is 0 Å². The number of hydrogen-bond acceptors (Lipinski definition) is 3. The molecule has 1 saturated heterocycles. The van der Waals surface area contributed by atoms with E-state index in [0.717, 1.165) is 12.1 Å². The van der Waals surface area contributed by atoms with E-state index in [1.54, 1.807) is 0 Å². The maximum Gasteiger partial charge on any atom is 0.241 e. The molecule has 1 heterocycles. The van der Waals surface area contributed by atoms with E-state index in [-0.39, 0.29) is 5.91 Å². The Kier molecular flexibility index (Phi) is 5.55. The Bertz CT molecular complexity index is 499. The Balaban J connectivity index is 1.58. The molecule has 0 bridgehead atoms. The third-order valence-electron chi connectivity index (χ3n) is 5.41. The van der Waals surface area contributed by atoms with Gasteiger partial charge in [-0.3, -0.25) is 9.69 Å². The van der Waals surface area contributed by atoms with Crippen LogP contribution in [0, 0.1) is 0 Å². The van der Waals surface area contributed by atoms with Crippen molar-refractivity contribution in [2.24, 2.45) is 0 Å². The number of rotatable bonds is 5. The summed E-state index contributed by atoms with van der Waals surface area (Å²) in [6.07, 6.45) is 7.58. The number of nitrogens with zero attached hydrogens (tertiary/aromatic N) is 2. The van der Waals surface area contributed by atoms with Crippen molar-refractivity contribution in [3.8, 4) is 0 Å². The maximum atomic E-state index is 12.6. The lowest BCUT2D eigenvalue weighted by atomic mass is 9.88. The zero-order valence-corrected chi connectivity index (χ0v) is 14.2. The van der Waals surface area contributed by atoms with Crippen LogP contribution in [0.4, 0.5) is 5.69 Å². The summed E-state index contributed by atoms with van der Waals surface area (Å²) >= 11 is 0. The molecule has 3 rings (SSSR count). The van der Waals surface area contributed by atoms with Crippen LogP contribution in [0.2, 0.25) is 0 Å². The molecule has 0 radical (unpaired) electrons. The van der Waals surface area contributed by atoms with Crippen molar-refractivity contribution < 1.29 is 4.79 Å². The highest BCUT2D eigenvalue weighted by Crippen LogP contribution is 2.29. The highest BCUT2D eigenvalue weighted by atomic mass is 16.2. The Hall–Kier alpha value is -1.55. The summed E-state index contributed by atoms with van der Waals surface area (Å²) < 4.78 is 0. The summed E-state index contributed by atoms with van der Waals surface area (Å²) in [6.45, 7) is 2.81. The first-order valence-electron chi connectivity index (χ1n) is 9.04. The minimum atomic E-state index is 0.199. The molecule has 0 unspecified atom stereocenters. The average Bonchev–Trinajstić information content (AvgIpc) is 3.14. The van der Waals surface area contributed by atoms with Crippen LogP contribution >= 0.6 is 0 Å². The molecule has 2 atom stereocenters. The van der Waals surface area contributed by atoms with E-state index >= 15 is 0 Å². The highest BCUT2D eigenvalue weighted by molar-refractivity contribution is 5.81. The fourth-order valence-electron chi connectivity index (χ4n) is 4.09. The van der Waals surface area contributed by atoms with Crippen molar-refractivity contribution in [1.82, 2.24) is 9.80 Å². The molecule has 4 nitrogen and oxygen atoms in total. The van der Waals surface area contributed by atoms with Gasteiger partial charge in [-0.1, -0.05) is 31.0 Å². The number of para-hydroxylation sites is 1. The fourth-order valence-corrected chi connectivity index (χ4v) is 4.09. The molecule has 126 valence electrons. The van der Waals surface area contributed by atoms with Crippen LogP contribution in [-0.4, -0.2) is 54.5 Å². The van der Waals surface area contributed by atoms with Gasteiger partial charge in [-0.15, -0.1) is 0 Å². The van der Waals surface area contributed by atoms with Crippen LogP contribution in [0.1, 0.15) is 38.5 Å². The van der Waals surface area contributed by atoms with Gasteiger partial charge in [-0.2, -0.15) is 0 Å². The normalized spacial score (nSPS) is 25.3. The van der Waals surface area contributed by atoms with Gasteiger partial charge < -0.3 is 10.2 Å². The largest absolute Gasteiger partial charge is 0.376 e. The van der Waals surface area contributed by atoms with Crippen LogP contribution in [0.15, 0.2) is 30.3 Å². The summed E-state index contributed by atoms with van der Waals surface area (Å²) in [6, 6.07) is 10.9. The van der Waals surface area contributed by atoms with Crippen molar-refractivity contribution in [3.05, 3.63) is 30.3 Å². The molecule has 1 aromatic carbocycles. The molecule has 1 aliphatic carbocycles. The van der Waals surface area contributed by atoms with E-state index in [0.29, 0.717) is 18.6 Å². The van der Waals surface area contributed by atoms with Gasteiger partial charge in [0, 0.05) is 24.8 Å². The van der Waals surface area contributed by atoms with Crippen LogP contribution in [0.25, 0.3) is 0 Å². The second-order valence-electron chi connectivity index (χ2n) is 6.89. The third kappa shape index (κ3) is 4.05. The van der Waals surface area contributed by atoms with Gasteiger partial charge in [0.05, 0.1) is 6.54 Å². The second kappa shape index (κ2) is 7.82. The lowest BCUT2D eigenvalue weighted by Gasteiger charge is -2.42. The molecule has 4 heteroatoms. The Labute approximate surface area is 139 Å². The zero-order valence-electron chi connectivity index (χ0n) is 14.2. The molecule has 2 fully saturated rings. The third-order valence-corrected chi connectivity index (χ3v) is 5.41. The quantitative estimate of drug-likeness (QED) is 0.907. The number of nitrogens with one attached hydrogen (secondary N) is 1. The summed E-state index contributed by atoms with van der Waals surface area (Å²) in [4.78, 5) is 17.3. The van der Waals surface area contributed by atoms with Crippen molar-refractivity contribution in [2.75, 3.05) is 32.0 Å². The summed E-state index contributed by atoms with van der Waals surface area (Å²) in [5.41, 5.74) is 1.01. The monoisotopic (exact) mass is 315 g/mol. The van der Waals surface area contributed by atoms with Gasteiger partial charge in [-0.05, 0) is 50.9 Å². The summed E-state index contributed by atoms with van der Waals surface area (Å²) in [5, 5.41) is 3.24. The molecule has 1 N–H and O–H groups in total. The van der Waals surface area contributed by atoms with Gasteiger partial charge in [0.25, 0.3) is 0 Å². The highest BCUT2D eigenvalue weighted by Gasteiger charge is 2.35. The minimum Gasteiger partial charge on any atom is -0.376 e. The molecule has 0 spiro atoms. The van der Waals surface area contributed by atoms with Crippen LogP contribution in [-0.2, 0) is 4.79 Å². The van der Waals surface area contributed by atoms with Gasteiger partial charge in [-0.25, -0.2) is 0 Å². The lowest BCUT2D eigenvalue weighted by Crippen LogP contribution is -2.54. The van der Waals surface area contributed by atoms with E-state index in [1.165, 1.54) is 45.2 Å². The molecule has 1 aromatic rings. The number of likely N-dealkylation sites (tertiary alicyclic amines) is 1. The topological polar surface area (TPSA) is 35.6 Å². The van der Waals surface area contributed by atoms with E-state index in [1.807, 2.05) is 42.3 Å². The van der Waals surface area contributed by atoms with Crippen LogP contribution in [0.3, 0.4) is 0 Å². The second-order valence-corrected chi connectivity index (χ2v) is 6.89. The SMILES string of the molecule is CN(C(=O)CNc1ccccc1)[C@@H]1CCCC[C@H]1N1CCCC1. The van der Waals surface area contributed by atoms with E-state index < -0.39 is 0 Å². The summed E-state index contributed by atoms with van der Waals surface area (Å²) in [5.74, 6) is 0.199. The van der Waals surface area contributed by atoms with E-state index in [9.17, 15) is 4.79 Å². The lowest BCUT2D eigenvalue weighted by molar-refractivity contribution is -0.132. The number of anilines is 1. The van der Waals surface area contributed by atoms with Crippen LogP contribution in [0.5, 0.6) is 0 Å². The van der Waals surface area contributed by atoms with Gasteiger partial charge in [0.2, 0.25) is 5.91 Å². The predicted molar refractivity (Wildman–Crippen MR) is 94.6 cm³/mol. The van der Waals surface area contributed by atoms with Crippen molar-refractivity contribution >= 4 is 11.6 Å². The Morgan fingerprint density at radius 2 is 1.83 bits per heavy atom. The molecule has 23 heavy (non-hydrogen) atoms. The first kappa shape index (κ1) is 16.3. The van der Waals surface area contributed by atoms with Crippen molar-refractivity contribution in [2.45, 2.75) is 50.6 Å². The zero-order chi connectivity index (χ0) is 16.1. The molecule has 1 saturated carbocycles. The number of benzene rings is 1. The first-order valence-corrected chi connectivity index (χ1v) is 9.04. The average molecular weight is 315 g/mol. The maximum absolute atomic E-state index is 12.6. The molecular weight excluding hydrogens is 286 g/mol. The molecular formula is C19H29N3O. The van der Waals surface area contributed by atoms with Gasteiger partial charge in [0.1, 0.15) is 0 Å². The minimum absolute atomic E-state index is 0.199. The van der Waals surface area contributed by atoms with Crippen molar-refractivity contribution in [1.29, 1.82) is 0 Å². The number of carbonyl (C=O) groups is 1. The number of amides is 1. The van der Waals surface area contributed by atoms with E-state index in [4.69, 9.17) is 0 Å². The number of carbonyl (C=O) groups excluding carboxylic acids is 1. The number of hydrogen-bond donors (Lipinski definition) is 1. The molecule has 1 amide bonds. The Morgan fingerprint density at radius 3 is 2.57 bits per heavy atom. The number of likely N-dealkylation sites (N-methyl/N-ethyl adjacent to an activating group) is 1. The smallest absolute Gasteiger partial charge is 0.241 e. The van der Waals surface area contributed by atoms with Crippen LogP contribution < -0.4 is 5.32 Å². The molecule has 0 aromatic heterocycles. The van der Waals surface area contributed by atoms with E-state index in [2.05, 4.69) is 10.2 Å². The standard InChI is InChI=1S/C19H29N3O/c1-21(19(23)15-20-16-9-3-2-4-10-16)17-11-5-6-12-18(17)22-13-7-8-14-22/h2-4,9-10,17-18,20H,5-8,11-15H2,1H3/t17-,18-/m1/s1. The summed E-state index contributed by atoms with van der Waals surface area (Å²) in [7, 11) is 1.99. The van der Waals surface area contributed by atoms with Crippen molar-refractivity contribution in [3.63, 3.8) is 0 Å². The molecule has 2 aliphatic rings. The molecule has 1 aliphatic heterocycles. The van der Waals surface area contributed by atoms with Gasteiger partial charge >= 0.3 is 0 Å². The predicted octanol–water partition coefficient (Wildman–Crippen LogP) is 2.96.